The molecule has 0 rings (SSSR count). The van der Waals surface area contributed by atoms with Crippen LogP contribution in [0.3, 0.4) is 0 Å². The van der Waals surface area contributed by atoms with Crippen LogP contribution < -0.4 is 11.1 Å². The third-order valence-corrected chi connectivity index (χ3v) is 2.50. The van der Waals surface area contributed by atoms with Gasteiger partial charge in [0.1, 0.15) is 0 Å². The molecule has 5 heteroatoms. The SMILES string of the molecule is NCCCCCCC(=O)NCCCCC(=O)O. The van der Waals surface area contributed by atoms with Gasteiger partial charge in [-0.25, -0.2) is 0 Å². The number of unbranched alkanes of at least 4 members (excludes halogenated alkanes) is 4. The average molecular weight is 244 g/mol. The maximum absolute atomic E-state index is 11.3. The van der Waals surface area contributed by atoms with Crippen LogP contribution in [0.25, 0.3) is 0 Å². The predicted molar refractivity (Wildman–Crippen MR) is 66.6 cm³/mol. The molecule has 0 aromatic heterocycles. The van der Waals surface area contributed by atoms with Gasteiger partial charge in [0.05, 0.1) is 0 Å². The smallest absolute Gasteiger partial charge is 0.303 e. The molecule has 0 fully saturated rings. The number of nitrogens with two attached hydrogens (primary N) is 1. The van der Waals surface area contributed by atoms with E-state index in [1.807, 2.05) is 0 Å². The van der Waals surface area contributed by atoms with Gasteiger partial charge in [0.2, 0.25) is 5.91 Å². The largest absolute Gasteiger partial charge is 0.481 e. The lowest BCUT2D eigenvalue weighted by atomic mass is 10.1. The number of carbonyl (C=O) groups excluding carboxylic acids is 1. The Hall–Kier alpha value is -1.10. The molecular weight excluding hydrogens is 220 g/mol. The quantitative estimate of drug-likeness (QED) is 0.477. The van der Waals surface area contributed by atoms with E-state index < -0.39 is 5.97 Å². The molecule has 17 heavy (non-hydrogen) atoms. The first-order valence-electron chi connectivity index (χ1n) is 6.35. The minimum atomic E-state index is -0.781. The van der Waals surface area contributed by atoms with Crippen LogP contribution in [0.1, 0.15) is 51.4 Å². The molecule has 0 unspecified atom stereocenters. The molecule has 0 saturated heterocycles. The van der Waals surface area contributed by atoms with Gasteiger partial charge in [-0.1, -0.05) is 12.8 Å². The fraction of sp³-hybridized carbons (Fsp3) is 0.833. The summed E-state index contributed by atoms with van der Waals surface area (Å²) in [5.41, 5.74) is 5.36. The molecular formula is C12H24N2O3. The Morgan fingerprint density at radius 2 is 1.59 bits per heavy atom. The van der Waals surface area contributed by atoms with Gasteiger partial charge in [0.15, 0.2) is 0 Å². The molecule has 0 bridgehead atoms. The van der Waals surface area contributed by atoms with E-state index in [0.29, 0.717) is 19.4 Å². The van der Waals surface area contributed by atoms with E-state index in [4.69, 9.17) is 10.8 Å². The van der Waals surface area contributed by atoms with E-state index in [1.54, 1.807) is 0 Å². The van der Waals surface area contributed by atoms with Gasteiger partial charge in [-0.2, -0.15) is 0 Å². The molecule has 0 aromatic rings. The second kappa shape index (κ2) is 11.4. The summed E-state index contributed by atoms with van der Waals surface area (Å²) in [6.45, 7) is 1.30. The third kappa shape index (κ3) is 12.8. The molecule has 0 spiro atoms. The topological polar surface area (TPSA) is 92.4 Å². The van der Waals surface area contributed by atoms with Gasteiger partial charge in [0, 0.05) is 19.4 Å². The van der Waals surface area contributed by atoms with Crippen molar-refractivity contribution < 1.29 is 14.7 Å². The number of rotatable bonds is 11. The number of hydrogen-bond donors (Lipinski definition) is 3. The van der Waals surface area contributed by atoms with Crippen LogP contribution >= 0.6 is 0 Å². The number of carboxylic acid groups (broad SMARTS) is 1. The van der Waals surface area contributed by atoms with E-state index in [2.05, 4.69) is 5.32 Å². The van der Waals surface area contributed by atoms with Crippen LogP contribution in [0.15, 0.2) is 0 Å². The molecule has 0 aliphatic rings. The van der Waals surface area contributed by atoms with Crippen molar-refractivity contribution in [3.05, 3.63) is 0 Å². The summed E-state index contributed by atoms with van der Waals surface area (Å²) < 4.78 is 0. The summed E-state index contributed by atoms with van der Waals surface area (Å²) in [4.78, 5) is 21.5. The van der Waals surface area contributed by atoms with Crippen molar-refractivity contribution in [3.8, 4) is 0 Å². The molecule has 4 N–H and O–H groups in total. The summed E-state index contributed by atoms with van der Waals surface area (Å²) in [5, 5.41) is 11.2. The maximum Gasteiger partial charge on any atom is 0.303 e. The Labute approximate surface area is 103 Å². The highest BCUT2D eigenvalue weighted by Gasteiger charge is 2.01. The van der Waals surface area contributed by atoms with E-state index in [9.17, 15) is 9.59 Å². The minimum absolute atomic E-state index is 0.0630. The number of amides is 1. The van der Waals surface area contributed by atoms with E-state index >= 15 is 0 Å². The number of hydrogen-bond acceptors (Lipinski definition) is 3. The zero-order valence-electron chi connectivity index (χ0n) is 10.4. The highest BCUT2D eigenvalue weighted by atomic mass is 16.4. The number of carboxylic acids is 1. The van der Waals surface area contributed by atoms with Crippen molar-refractivity contribution in [2.24, 2.45) is 5.73 Å². The monoisotopic (exact) mass is 244 g/mol. The Kier molecular flexibility index (Phi) is 10.7. The molecule has 0 radical (unpaired) electrons. The summed E-state index contributed by atoms with van der Waals surface area (Å²) in [7, 11) is 0. The second-order valence-corrected chi connectivity index (χ2v) is 4.15. The van der Waals surface area contributed by atoms with Crippen LogP contribution in [0.4, 0.5) is 0 Å². The van der Waals surface area contributed by atoms with Crippen LogP contribution in [0.2, 0.25) is 0 Å². The van der Waals surface area contributed by atoms with Crippen molar-refractivity contribution in [1.29, 1.82) is 0 Å². The molecule has 100 valence electrons. The van der Waals surface area contributed by atoms with Crippen molar-refractivity contribution in [2.45, 2.75) is 51.4 Å². The maximum atomic E-state index is 11.3. The van der Waals surface area contributed by atoms with Crippen molar-refractivity contribution >= 4 is 11.9 Å². The predicted octanol–water partition coefficient (Wildman–Crippen LogP) is 1.27. The highest BCUT2D eigenvalue weighted by Crippen LogP contribution is 2.02. The summed E-state index contributed by atoms with van der Waals surface area (Å²) in [5.74, 6) is -0.718. The Morgan fingerprint density at radius 3 is 2.24 bits per heavy atom. The van der Waals surface area contributed by atoms with Crippen molar-refractivity contribution in [3.63, 3.8) is 0 Å². The molecule has 0 aliphatic heterocycles. The number of nitrogens with one attached hydrogen (secondary N) is 1. The van der Waals surface area contributed by atoms with Crippen LogP contribution in [-0.4, -0.2) is 30.1 Å². The van der Waals surface area contributed by atoms with Crippen LogP contribution in [0, 0.1) is 0 Å². The lowest BCUT2D eigenvalue weighted by Crippen LogP contribution is -2.24. The molecule has 0 atom stereocenters. The third-order valence-electron chi connectivity index (χ3n) is 2.50. The van der Waals surface area contributed by atoms with Crippen molar-refractivity contribution in [2.75, 3.05) is 13.1 Å². The Bertz CT molecular complexity index is 220. The van der Waals surface area contributed by atoms with E-state index in [1.165, 1.54) is 0 Å². The van der Waals surface area contributed by atoms with Crippen LogP contribution in [0.5, 0.6) is 0 Å². The lowest BCUT2D eigenvalue weighted by Gasteiger charge is -2.04. The van der Waals surface area contributed by atoms with Crippen LogP contribution in [-0.2, 0) is 9.59 Å². The average Bonchev–Trinajstić information content (AvgIpc) is 2.28. The Morgan fingerprint density at radius 1 is 0.941 bits per heavy atom. The Balaban J connectivity index is 3.20. The highest BCUT2D eigenvalue weighted by molar-refractivity contribution is 5.75. The molecule has 5 nitrogen and oxygen atoms in total. The lowest BCUT2D eigenvalue weighted by molar-refractivity contribution is -0.137. The second-order valence-electron chi connectivity index (χ2n) is 4.15. The van der Waals surface area contributed by atoms with Gasteiger partial charge in [0.25, 0.3) is 0 Å². The minimum Gasteiger partial charge on any atom is -0.481 e. The molecule has 0 heterocycles. The van der Waals surface area contributed by atoms with E-state index in [-0.39, 0.29) is 12.3 Å². The normalized spacial score (nSPS) is 10.2. The molecule has 0 saturated carbocycles. The standard InChI is InChI=1S/C12H24N2O3/c13-9-5-2-1-3-7-11(15)14-10-6-4-8-12(16)17/h1-10,13H2,(H,14,15)(H,16,17). The van der Waals surface area contributed by atoms with Gasteiger partial charge in [-0.05, 0) is 32.2 Å². The van der Waals surface area contributed by atoms with Crippen molar-refractivity contribution in [1.82, 2.24) is 5.32 Å². The van der Waals surface area contributed by atoms with E-state index in [0.717, 1.165) is 38.6 Å². The summed E-state index contributed by atoms with van der Waals surface area (Å²) in [6.07, 6.45) is 6.14. The zero-order valence-corrected chi connectivity index (χ0v) is 10.4. The first-order valence-corrected chi connectivity index (χ1v) is 6.35. The van der Waals surface area contributed by atoms with Gasteiger partial charge < -0.3 is 16.2 Å². The summed E-state index contributed by atoms with van der Waals surface area (Å²) >= 11 is 0. The fourth-order valence-electron chi connectivity index (χ4n) is 1.50. The fourth-order valence-corrected chi connectivity index (χ4v) is 1.50. The molecule has 0 aromatic carbocycles. The molecule has 0 aliphatic carbocycles. The number of aliphatic carboxylic acids is 1. The first-order chi connectivity index (χ1) is 8.16. The molecule has 1 amide bonds. The van der Waals surface area contributed by atoms with Gasteiger partial charge in [-0.3, -0.25) is 9.59 Å². The first kappa shape index (κ1) is 15.9. The zero-order chi connectivity index (χ0) is 12.9. The summed E-state index contributed by atoms with van der Waals surface area (Å²) in [6, 6.07) is 0. The van der Waals surface area contributed by atoms with Gasteiger partial charge >= 0.3 is 5.97 Å². The van der Waals surface area contributed by atoms with Gasteiger partial charge in [-0.15, -0.1) is 0 Å². The number of carbonyl (C=O) groups is 2.